The molecule has 0 bridgehead atoms. The van der Waals surface area contributed by atoms with Gasteiger partial charge in [-0.1, -0.05) is 0 Å². The van der Waals surface area contributed by atoms with Gasteiger partial charge in [-0.15, -0.1) is 11.3 Å². The average Bonchev–Trinajstić information content (AvgIpc) is 2.77. The van der Waals surface area contributed by atoms with Gasteiger partial charge < -0.3 is 16.0 Å². The first-order valence-electron chi connectivity index (χ1n) is 7.17. The lowest BCUT2D eigenvalue weighted by Crippen LogP contribution is -2.46. The third-order valence-corrected chi connectivity index (χ3v) is 5.11. The number of hydrogen-bond donors (Lipinski definition) is 2. The van der Waals surface area contributed by atoms with Gasteiger partial charge in [-0.3, -0.25) is 4.79 Å². The largest absolute Gasteiger partial charge is 0.369 e. The molecule has 1 fully saturated rings. The van der Waals surface area contributed by atoms with Crippen LogP contribution in [0.15, 0.2) is 0 Å². The molecule has 1 aromatic rings. The number of aromatic nitrogens is 1. The summed E-state index contributed by atoms with van der Waals surface area (Å²) in [6.07, 6.45) is 1.30. The van der Waals surface area contributed by atoms with E-state index >= 15 is 0 Å². The van der Waals surface area contributed by atoms with Crippen molar-refractivity contribution < 1.29 is 9.59 Å². The molecule has 0 aliphatic carbocycles. The van der Waals surface area contributed by atoms with Crippen LogP contribution in [0.4, 0.5) is 4.79 Å². The summed E-state index contributed by atoms with van der Waals surface area (Å²) in [7, 11) is 0. The molecule has 6 nitrogen and oxygen atoms in total. The number of aryl methyl sites for hydroxylation is 2. The number of hydrogen-bond acceptors (Lipinski definition) is 4. The molecule has 0 unspecified atom stereocenters. The summed E-state index contributed by atoms with van der Waals surface area (Å²) in [5.41, 5.74) is 6.27. The number of piperidine rings is 1. The third-order valence-electron chi connectivity index (χ3n) is 3.86. The molecule has 1 atom stereocenters. The van der Waals surface area contributed by atoms with Crippen LogP contribution in [-0.4, -0.2) is 34.9 Å². The molecule has 0 aromatic carbocycles. The third kappa shape index (κ3) is 3.72. The number of carbonyl (C=O) groups is 2. The fraction of sp³-hybridized carbons (Fsp3) is 0.643. The summed E-state index contributed by atoms with van der Waals surface area (Å²) < 4.78 is 0. The maximum Gasteiger partial charge on any atom is 0.317 e. The summed E-state index contributed by atoms with van der Waals surface area (Å²) in [6.45, 7) is 7.04. The van der Waals surface area contributed by atoms with E-state index in [-0.39, 0.29) is 23.9 Å². The van der Waals surface area contributed by atoms with Crippen molar-refractivity contribution >= 4 is 23.3 Å². The Kier molecular flexibility index (Phi) is 4.82. The van der Waals surface area contributed by atoms with E-state index in [2.05, 4.69) is 10.3 Å². The maximum absolute atomic E-state index is 12.3. The molecule has 21 heavy (non-hydrogen) atoms. The maximum atomic E-state index is 12.3. The lowest BCUT2D eigenvalue weighted by Gasteiger charge is -2.31. The molecule has 2 rings (SSSR count). The molecule has 116 valence electrons. The number of urea groups is 1. The molecule has 3 amide bonds. The Morgan fingerprint density at radius 2 is 2.00 bits per heavy atom. The van der Waals surface area contributed by atoms with Gasteiger partial charge >= 0.3 is 6.03 Å². The van der Waals surface area contributed by atoms with Crippen molar-refractivity contribution in [3.05, 3.63) is 15.6 Å². The van der Waals surface area contributed by atoms with Crippen LogP contribution in [-0.2, 0) is 4.79 Å². The zero-order chi connectivity index (χ0) is 15.6. The van der Waals surface area contributed by atoms with Crippen LogP contribution < -0.4 is 11.1 Å². The quantitative estimate of drug-likeness (QED) is 0.891. The van der Waals surface area contributed by atoms with E-state index in [4.69, 9.17) is 5.73 Å². The van der Waals surface area contributed by atoms with E-state index in [0.717, 1.165) is 15.6 Å². The Hall–Kier alpha value is -1.63. The molecular formula is C14H22N4O2S. The minimum Gasteiger partial charge on any atom is -0.369 e. The number of rotatable bonds is 3. The Balaban J connectivity index is 1.90. The second-order valence-corrected chi connectivity index (χ2v) is 6.75. The Bertz CT molecular complexity index is 535. The molecule has 1 aliphatic rings. The first-order valence-corrected chi connectivity index (χ1v) is 7.98. The summed E-state index contributed by atoms with van der Waals surface area (Å²) in [4.78, 5) is 30.6. The van der Waals surface area contributed by atoms with Gasteiger partial charge in [0.1, 0.15) is 0 Å². The summed E-state index contributed by atoms with van der Waals surface area (Å²) >= 11 is 1.61. The van der Waals surface area contributed by atoms with E-state index in [0.29, 0.717) is 25.9 Å². The van der Waals surface area contributed by atoms with Crippen molar-refractivity contribution in [1.29, 1.82) is 0 Å². The monoisotopic (exact) mass is 310 g/mol. The van der Waals surface area contributed by atoms with E-state index in [1.807, 2.05) is 20.8 Å². The predicted molar refractivity (Wildman–Crippen MR) is 82.0 cm³/mol. The van der Waals surface area contributed by atoms with E-state index in [1.54, 1.807) is 16.2 Å². The highest BCUT2D eigenvalue weighted by Gasteiger charge is 2.27. The van der Waals surface area contributed by atoms with E-state index in [1.165, 1.54) is 0 Å². The predicted octanol–water partition coefficient (Wildman–Crippen LogP) is 1.73. The number of carbonyl (C=O) groups excluding carboxylic acids is 2. The van der Waals surface area contributed by atoms with Gasteiger partial charge in [0.25, 0.3) is 0 Å². The van der Waals surface area contributed by atoms with Gasteiger partial charge in [0, 0.05) is 23.9 Å². The van der Waals surface area contributed by atoms with Crippen molar-refractivity contribution in [2.45, 2.75) is 39.7 Å². The zero-order valence-corrected chi connectivity index (χ0v) is 13.5. The highest BCUT2D eigenvalue weighted by Crippen LogP contribution is 2.25. The fourth-order valence-electron chi connectivity index (χ4n) is 2.66. The smallest absolute Gasteiger partial charge is 0.317 e. The summed E-state index contributed by atoms with van der Waals surface area (Å²) in [5.74, 6) is -0.364. The van der Waals surface area contributed by atoms with Crippen molar-refractivity contribution in [3.63, 3.8) is 0 Å². The van der Waals surface area contributed by atoms with Crippen LogP contribution in [0.3, 0.4) is 0 Å². The highest BCUT2D eigenvalue weighted by molar-refractivity contribution is 7.11. The van der Waals surface area contributed by atoms with E-state index in [9.17, 15) is 9.59 Å². The standard InChI is InChI=1S/C14H22N4O2S/c1-8-12(21-10(3)16-8)9(2)17-14(20)18-6-4-11(5-7-18)13(15)19/h9,11H,4-7H2,1-3H3,(H2,15,19)(H,17,20)/t9-/m1/s1. The van der Waals surface area contributed by atoms with Crippen LogP contribution in [0.5, 0.6) is 0 Å². The fourth-order valence-corrected chi connectivity index (χ4v) is 3.59. The SMILES string of the molecule is Cc1nc(C)c([C@@H](C)NC(=O)N2CCC(C(N)=O)CC2)s1. The number of primary amides is 1. The number of nitrogens with two attached hydrogens (primary N) is 1. The van der Waals surface area contributed by atoms with Crippen molar-refractivity contribution in [1.82, 2.24) is 15.2 Å². The van der Waals surface area contributed by atoms with Crippen LogP contribution >= 0.6 is 11.3 Å². The topological polar surface area (TPSA) is 88.3 Å². The number of thiazole rings is 1. The molecular weight excluding hydrogens is 288 g/mol. The van der Waals surface area contributed by atoms with Gasteiger partial charge in [-0.05, 0) is 33.6 Å². The second-order valence-electron chi connectivity index (χ2n) is 5.52. The van der Waals surface area contributed by atoms with Crippen molar-refractivity contribution in [2.75, 3.05) is 13.1 Å². The Morgan fingerprint density at radius 1 is 1.38 bits per heavy atom. The van der Waals surface area contributed by atoms with Gasteiger partial charge in [0.05, 0.1) is 16.7 Å². The molecule has 1 aliphatic heterocycles. The van der Waals surface area contributed by atoms with Crippen LogP contribution in [0.2, 0.25) is 0 Å². The van der Waals surface area contributed by atoms with Gasteiger partial charge in [0.15, 0.2) is 0 Å². The van der Waals surface area contributed by atoms with Crippen molar-refractivity contribution in [2.24, 2.45) is 11.7 Å². The molecule has 0 radical (unpaired) electrons. The molecule has 1 aromatic heterocycles. The highest BCUT2D eigenvalue weighted by atomic mass is 32.1. The Morgan fingerprint density at radius 3 is 2.48 bits per heavy atom. The number of likely N-dealkylation sites (tertiary alicyclic amines) is 1. The van der Waals surface area contributed by atoms with E-state index < -0.39 is 0 Å². The summed E-state index contributed by atoms with van der Waals surface area (Å²) in [5, 5.41) is 4.01. The first kappa shape index (κ1) is 15.8. The van der Waals surface area contributed by atoms with Crippen molar-refractivity contribution in [3.8, 4) is 0 Å². The summed E-state index contributed by atoms with van der Waals surface area (Å²) in [6, 6.07) is -0.145. The molecule has 1 saturated heterocycles. The van der Waals surface area contributed by atoms with Gasteiger partial charge in [-0.25, -0.2) is 9.78 Å². The Labute approximate surface area is 128 Å². The minimum absolute atomic E-state index is 0.0578. The normalized spacial score (nSPS) is 17.6. The first-order chi connectivity index (χ1) is 9.88. The lowest BCUT2D eigenvalue weighted by atomic mass is 9.96. The van der Waals surface area contributed by atoms with Crippen LogP contribution in [0.25, 0.3) is 0 Å². The molecule has 2 heterocycles. The van der Waals surface area contributed by atoms with Crippen LogP contribution in [0, 0.1) is 19.8 Å². The van der Waals surface area contributed by atoms with Gasteiger partial charge in [0.2, 0.25) is 5.91 Å². The molecule has 0 saturated carbocycles. The molecule has 7 heteroatoms. The van der Waals surface area contributed by atoms with Crippen LogP contribution in [0.1, 0.15) is 41.4 Å². The minimum atomic E-state index is -0.265. The number of nitrogens with zero attached hydrogens (tertiary/aromatic N) is 2. The average molecular weight is 310 g/mol. The number of amides is 3. The number of nitrogens with one attached hydrogen (secondary N) is 1. The second kappa shape index (κ2) is 6.43. The molecule has 0 spiro atoms. The zero-order valence-electron chi connectivity index (χ0n) is 12.7. The molecule has 3 N–H and O–H groups in total. The van der Waals surface area contributed by atoms with Gasteiger partial charge in [-0.2, -0.15) is 0 Å². The lowest BCUT2D eigenvalue weighted by molar-refractivity contribution is -0.123.